The van der Waals surface area contributed by atoms with E-state index >= 15 is 0 Å². The van der Waals surface area contributed by atoms with Crippen molar-refractivity contribution >= 4 is 17.5 Å². The van der Waals surface area contributed by atoms with Crippen LogP contribution < -0.4 is 20.9 Å². The molecular formula is C15H21N3O3. The maximum atomic E-state index is 11.8. The van der Waals surface area contributed by atoms with Crippen molar-refractivity contribution < 1.29 is 14.3 Å². The number of benzene rings is 1. The first-order valence-corrected chi connectivity index (χ1v) is 7.10. The number of hydrogen-bond donors (Lipinski definition) is 2. The molecule has 1 aromatic rings. The maximum absolute atomic E-state index is 11.8. The number of anilines is 1. The van der Waals surface area contributed by atoms with Gasteiger partial charge in [0, 0.05) is 24.7 Å². The molecule has 1 atom stereocenters. The van der Waals surface area contributed by atoms with Gasteiger partial charge in [0.05, 0.1) is 0 Å². The quantitative estimate of drug-likeness (QED) is 0.485. The molecule has 0 aromatic heterocycles. The van der Waals surface area contributed by atoms with E-state index in [1.165, 1.54) is 0 Å². The summed E-state index contributed by atoms with van der Waals surface area (Å²) < 4.78 is 5.73. The molecule has 0 spiro atoms. The summed E-state index contributed by atoms with van der Waals surface area (Å²) in [5.74, 6) is 5.46. The first kappa shape index (κ1) is 15.3. The van der Waals surface area contributed by atoms with Crippen LogP contribution in [0.1, 0.15) is 26.7 Å². The Bertz CT molecular complexity index is 531. The first-order chi connectivity index (χ1) is 10.0. The van der Waals surface area contributed by atoms with Crippen molar-refractivity contribution in [2.45, 2.75) is 32.8 Å². The second-order valence-corrected chi connectivity index (χ2v) is 5.44. The van der Waals surface area contributed by atoms with Crippen LogP contribution in [0.3, 0.4) is 0 Å². The minimum Gasteiger partial charge on any atom is -0.480 e. The fourth-order valence-electron chi connectivity index (χ4n) is 2.37. The molecule has 1 saturated heterocycles. The zero-order valence-electron chi connectivity index (χ0n) is 12.3. The van der Waals surface area contributed by atoms with Crippen LogP contribution in [-0.2, 0) is 9.59 Å². The lowest BCUT2D eigenvalue weighted by Crippen LogP contribution is -2.44. The number of ether oxygens (including phenoxy) is 1. The molecule has 1 unspecified atom stereocenters. The third-order valence-corrected chi connectivity index (χ3v) is 3.47. The maximum Gasteiger partial charge on any atom is 0.275 e. The summed E-state index contributed by atoms with van der Waals surface area (Å²) >= 11 is 0. The molecule has 1 aliphatic heterocycles. The van der Waals surface area contributed by atoms with E-state index in [-0.39, 0.29) is 17.7 Å². The zero-order valence-corrected chi connectivity index (χ0v) is 12.3. The molecule has 1 aromatic carbocycles. The van der Waals surface area contributed by atoms with Crippen molar-refractivity contribution in [1.82, 2.24) is 5.43 Å². The van der Waals surface area contributed by atoms with E-state index in [2.05, 4.69) is 5.43 Å². The molecule has 0 saturated carbocycles. The van der Waals surface area contributed by atoms with Gasteiger partial charge in [-0.1, -0.05) is 19.9 Å². The molecule has 2 amide bonds. The molecular weight excluding hydrogens is 270 g/mol. The highest BCUT2D eigenvalue weighted by Crippen LogP contribution is 2.26. The summed E-state index contributed by atoms with van der Waals surface area (Å²) in [7, 11) is 0. The molecule has 0 aliphatic carbocycles. The fraction of sp³-hybridized carbons (Fsp3) is 0.467. The Balaban J connectivity index is 2.16. The van der Waals surface area contributed by atoms with Crippen molar-refractivity contribution in [3.05, 3.63) is 24.3 Å². The Labute approximate surface area is 124 Å². The number of hydrogen-bond acceptors (Lipinski definition) is 4. The van der Waals surface area contributed by atoms with E-state index in [9.17, 15) is 9.59 Å². The molecule has 2 rings (SSSR count). The van der Waals surface area contributed by atoms with Crippen LogP contribution >= 0.6 is 0 Å². The highest BCUT2D eigenvalue weighted by Gasteiger charge is 2.25. The summed E-state index contributed by atoms with van der Waals surface area (Å²) in [6, 6.07) is 7.23. The zero-order chi connectivity index (χ0) is 15.4. The second-order valence-electron chi connectivity index (χ2n) is 5.44. The molecule has 1 fully saturated rings. The van der Waals surface area contributed by atoms with E-state index in [1.54, 1.807) is 17.0 Å². The first-order valence-electron chi connectivity index (χ1n) is 7.10. The monoisotopic (exact) mass is 291 g/mol. The van der Waals surface area contributed by atoms with Gasteiger partial charge < -0.3 is 9.64 Å². The lowest BCUT2D eigenvalue weighted by Gasteiger charge is -2.22. The molecule has 21 heavy (non-hydrogen) atoms. The molecule has 0 bridgehead atoms. The largest absolute Gasteiger partial charge is 0.480 e. The highest BCUT2D eigenvalue weighted by atomic mass is 16.5. The van der Waals surface area contributed by atoms with Gasteiger partial charge in [-0.05, 0) is 24.5 Å². The number of nitrogens with one attached hydrogen (secondary N) is 1. The third kappa shape index (κ3) is 3.52. The fourth-order valence-corrected chi connectivity index (χ4v) is 2.37. The number of carbonyl (C=O) groups is 2. The van der Waals surface area contributed by atoms with Crippen LogP contribution in [-0.4, -0.2) is 24.5 Å². The van der Waals surface area contributed by atoms with Gasteiger partial charge in [-0.3, -0.25) is 15.0 Å². The lowest BCUT2D eigenvalue weighted by atomic mass is 10.1. The van der Waals surface area contributed by atoms with Crippen LogP contribution in [0.5, 0.6) is 5.75 Å². The molecule has 3 N–H and O–H groups in total. The van der Waals surface area contributed by atoms with Crippen LogP contribution in [0.2, 0.25) is 0 Å². The van der Waals surface area contributed by atoms with Crippen molar-refractivity contribution in [3.63, 3.8) is 0 Å². The smallest absolute Gasteiger partial charge is 0.275 e. The minimum atomic E-state index is -0.667. The van der Waals surface area contributed by atoms with E-state index in [0.717, 1.165) is 18.7 Å². The van der Waals surface area contributed by atoms with Gasteiger partial charge in [0.1, 0.15) is 5.75 Å². The minimum absolute atomic E-state index is 0.0226. The summed E-state index contributed by atoms with van der Waals surface area (Å²) in [6.45, 7) is 4.49. The third-order valence-electron chi connectivity index (χ3n) is 3.47. The van der Waals surface area contributed by atoms with Gasteiger partial charge >= 0.3 is 0 Å². The number of nitrogens with two attached hydrogens (primary N) is 1. The number of hydrazine groups is 1. The van der Waals surface area contributed by atoms with E-state index in [1.807, 2.05) is 26.0 Å². The lowest BCUT2D eigenvalue weighted by molar-refractivity contribution is -0.129. The number of rotatable bonds is 5. The van der Waals surface area contributed by atoms with Crippen molar-refractivity contribution in [3.8, 4) is 5.75 Å². The topological polar surface area (TPSA) is 84.7 Å². The Morgan fingerprint density at radius 3 is 2.76 bits per heavy atom. The number of carbonyl (C=O) groups excluding carboxylic acids is 2. The molecule has 1 aliphatic rings. The van der Waals surface area contributed by atoms with Crippen LogP contribution in [0, 0.1) is 5.92 Å². The number of nitrogens with zero attached hydrogens (tertiary/aromatic N) is 1. The van der Waals surface area contributed by atoms with E-state index in [4.69, 9.17) is 10.6 Å². The van der Waals surface area contributed by atoms with Crippen LogP contribution in [0.15, 0.2) is 24.3 Å². The van der Waals surface area contributed by atoms with Crippen molar-refractivity contribution in [1.29, 1.82) is 0 Å². The Kier molecular flexibility index (Phi) is 4.80. The standard InChI is InChI=1S/C15H21N3O3/c1-10(2)14(15(20)17-16)21-12-6-3-5-11(9-12)18-8-4-7-13(18)19/h3,5-6,9-10,14H,4,7-8,16H2,1-2H3,(H,17,20). The SMILES string of the molecule is CC(C)C(Oc1cccc(N2CCCC2=O)c1)C(=O)NN. The predicted octanol–water partition coefficient (Wildman–Crippen LogP) is 1.21. The van der Waals surface area contributed by atoms with E-state index < -0.39 is 6.10 Å². The van der Waals surface area contributed by atoms with Crippen molar-refractivity contribution in [2.24, 2.45) is 11.8 Å². The van der Waals surface area contributed by atoms with Crippen LogP contribution in [0.4, 0.5) is 5.69 Å². The molecule has 6 heteroatoms. The van der Waals surface area contributed by atoms with Gasteiger partial charge in [0.15, 0.2) is 6.10 Å². The summed E-state index contributed by atoms with van der Waals surface area (Å²) in [4.78, 5) is 25.2. The summed E-state index contributed by atoms with van der Waals surface area (Å²) in [5, 5.41) is 0. The number of amides is 2. The summed E-state index contributed by atoms with van der Waals surface area (Å²) in [6.07, 6.45) is 0.781. The average Bonchev–Trinajstić information content (AvgIpc) is 2.90. The van der Waals surface area contributed by atoms with Gasteiger partial charge in [-0.25, -0.2) is 5.84 Å². The van der Waals surface area contributed by atoms with Gasteiger partial charge in [-0.2, -0.15) is 0 Å². The molecule has 6 nitrogen and oxygen atoms in total. The normalized spacial score (nSPS) is 16.2. The Morgan fingerprint density at radius 1 is 1.43 bits per heavy atom. The van der Waals surface area contributed by atoms with Gasteiger partial charge in [0.2, 0.25) is 5.91 Å². The average molecular weight is 291 g/mol. The van der Waals surface area contributed by atoms with Gasteiger partial charge in [0.25, 0.3) is 5.91 Å². The van der Waals surface area contributed by atoms with Crippen LogP contribution in [0.25, 0.3) is 0 Å². The Hall–Kier alpha value is -2.08. The Morgan fingerprint density at radius 2 is 2.19 bits per heavy atom. The molecule has 114 valence electrons. The molecule has 0 radical (unpaired) electrons. The molecule has 1 heterocycles. The predicted molar refractivity (Wildman–Crippen MR) is 79.6 cm³/mol. The van der Waals surface area contributed by atoms with E-state index in [0.29, 0.717) is 12.2 Å². The highest BCUT2D eigenvalue weighted by molar-refractivity contribution is 5.95. The van der Waals surface area contributed by atoms with Gasteiger partial charge in [-0.15, -0.1) is 0 Å². The second kappa shape index (κ2) is 6.58. The summed E-state index contributed by atoms with van der Waals surface area (Å²) in [5.41, 5.74) is 2.91. The van der Waals surface area contributed by atoms with Crippen molar-refractivity contribution in [2.75, 3.05) is 11.4 Å².